The second-order valence-electron chi connectivity index (χ2n) is 5.11. The van der Waals surface area contributed by atoms with Gasteiger partial charge in [0.1, 0.15) is 0 Å². The van der Waals surface area contributed by atoms with Gasteiger partial charge >= 0.3 is 0 Å². The summed E-state index contributed by atoms with van der Waals surface area (Å²) in [6.07, 6.45) is 5.02. The van der Waals surface area contributed by atoms with Crippen LogP contribution in [0.15, 0.2) is 0 Å². The summed E-state index contributed by atoms with van der Waals surface area (Å²) in [5.41, 5.74) is 0. The van der Waals surface area contributed by atoms with E-state index in [1.54, 1.807) is 0 Å². The lowest BCUT2D eigenvalue weighted by Gasteiger charge is -2.21. The highest BCUT2D eigenvalue weighted by molar-refractivity contribution is 4.57. The Balaban J connectivity index is 3.35. The molecule has 0 unspecified atom stereocenters. The van der Waals surface area contributed by atoms with Crippen LogP contribution in [-0.4, -0.2) is 75.9 Å². The highest BCUT2D eigenvalue weighted by Crippen LogP contribution is 1.99. The van der Waals surface area contributed by atoms with Gasteiger partial charge in [-0.25, -0.2) is 0 Å². The van der Waals surface area contributed by atoms with E-state index in [-0.39, 0.29) is 6.61 Å². The molecule has 0 saturated heterocycles. The zero-order valence-corrected chi connectivity index (χ0v) is 14.0. The van der Waals surface area contributed by atoms with Crippen molar-refractivity contribution < 1.29 is 19.3 Å². The number of aliphatic hydroxyl groups excluding tert-OH is 1. The van der Waals surface area contributed by atoms with E-state index in [9.17, 15) is 0 Å². The molecule has 5 heteroatoms. The van der Waals surface area contributed by atoms with Crippen molar-refractivity contribution in [2.45, 2.75) is 39.5 Å². The van der Waals surface area contributed by atoms with Crippen LogP contribution in [0, 0.1) is 0 Å². The summed E-state index contributed by atoms with van der Waals surface area (Å²) < 4.78 is 16.1. The zero-order valence-electron chi connectivity index (χ0n) is 14.0. The molecular weight excluding hydrogens is 270 g/mol. The van der Waals surface area contributed by atoms with Crippen molar-refractivity contribution in [2.75, 3.05) is 65.9 Å². The van der Waals surface area contributed by atoms with Gasteiger partial charge in [0.15, 0.2) is 0 Å². The molecule has 0 rings (SSSR count). The second-order valence-corrected chi connectivity index (χ2v) is 5.11. The molecule has 0 aliphatic heterocycles. The summed E-state index contributed by atoms with van der Waals surface area (Å²) in [6, 6.07) is 0. The first-order valence-electron chi connectivity index (χ1n) is 8.41. The van der Waals surface area contributed by atoms with Crippen molar-refractivity contribution in [3.63, 3.8) is 0 Å². The first kappa shape index (κ1) is 20.8. The van der Waals surface area contributed by atoms with Crippen molar-refractivity contribution in [3.8, 4) is 0 Å². The average molecular weight is 305 g/mol. The summed E-state index contributed by atoms with van der Waals surface area (Å²) in [4.78, 5) is 2.50. The van der Waals surface area contributed by atoms with Gasteiger partial charge in [0.2, 0.25) is 0 Å². The van der Waals surface area contributed by atoms with Crippen LogP contribution in [0.5, 0.6) is 0 Å². The molecule has 0 amide bonds. The van der Waals surface area contributed by atoms with Crippen molar-refractivity contribution in [3.05, 3.63) is 0 Å². The van der Waals surface area contributed by atoms with Crippen LogP contribution in [0.3, 0.4) is 0 Å². The maximum atomic E-state index is 8.53. The largest absolute Gasteiger partial charge is 0.394 e. The highest BCUT2D eigenvalue weighted by atomic mass is 16.5. The number of hydrogen-bond acceptors (Lipinski definition) is 5. The van der Waals surface area contributed by atoms with Crippen molar-refractivity contribution >= 4 is 0 Å². The molecule has 0 heterocycles. The van der Waals surface area contributed by atoms with Gasteiger partial charge in [-0.05, 0) is 25.9 Å². The van der Waals surface area contributed by atoms with Crippen molar-refractivity contribution in [1.82, 2.24) is 4.90 Å². The fraction of sp³-hybridized carbons (Fsp3) is 1.00. The number of hydrogen-bond donors (Lipinski definition) is 1. The smallest absolute Gasteiger partial charge is 0.0701 e. The standard InChI is InChI=1S/C16H35NO4/c1-3-5-7-17(8-6-4-2)9-11-19-13-15-21-16-14-20-12-10-18/h18H,3-16H2,1-2H3. The molecule has 0 spiro atoms. The maximum absolute atomic E-state index is 8.53. The Labute approximate surface area is 130 Å². The van der Waals surface area contributed by atoms with Gasteiger partial charge in [-0.1, -0.05) is 26.7 Å². The van der Waals surface area contributed by atoms with Gasteiger partial charge in [-0.15, -0.1) is 0 Å². The van der Waals surface area contributed by atoms with E-state index < -0.39 is 0 Å². The minimum absolute atomic E-state index is 0.0652. The number of rotatable bonds is 17. The maximum Gasteiger partial charge on any atom is 0.0701 e. The molecule has 0 fully saturated rings. The predicted molar refractivity (Wildman–Crippen MR) is 85.8 cm³/mol. The molecule has 0 aliphatic carbocycles. The van der Waals surface area contributed by atoms with Gasteiger partial charge in [0, 0.05) is 6.54 Å². The average Bonchev–Trinajstić information content (AvgIpc) is 2.51. The predicted octanol–water partition coefficient (Wildman–Crippen LogP) is 1.93. The Morgan fingerprint density at radius 1 is 0.667 bits per heavy atom. The van der Waals surface area contributed by atoms with Gasteiger partial charge in [0.05, 0.1) is 46.2 Å². The van der Waals surface area contributed by atoms with Crippen LogP contribution in [0.25, 0.3) is 0 Å². The third kappa shape index (κ3) is 16.0. The van der Waals surface area contributed by atoms with Crippen LogP contribution in [-0.2, 0) is 14.2 Å². The number of ether oxygens (including phenoxy) is 3. The Bertz CT molecular complexity index is 185. The quantitative estimate of drug-likeness (QED) is 0.416. The molecule has 0 bridgehead atoms. The highest BCUT2D eigenvalue weighted by Gasteiger charge is 2.03. The molecule has 0 radical (unpaired) electrons. The van der Waals surface area contributed by atoms with E-state index in [2.05, 4.69) is 18.7 Å². The third-order valence-corrected chi connectivity index (χ3v) is 3.19. The Morgan fingerprint density at radius 3 is 1.62 bits per heavy atom. The minimum atomic E-state index is 0.0652. The zero-order chi connectivity index (χ0) is 15.6. The Kier molecular flexibility index (Phi) is 17.7. The van der Waals surface area contributed by atoms with E-state index >= 15 is 0 Å². The van der Waals surface area contributed by atoms with Crippen molar-refractivity contribution in [1.29, 1.82) is 0 Å². The summed E-state index contributed by atoms with van der Waals surface area (Å²) in [5.74, 6) is 0. The molecule has 0 aliphatic rings. The summed E-state index contributed by atoms with van der Waals surface area (Å²) in [6.45, 7) is 11.4. The van der Waals surface area contributed by atoms with Crippen LogP contribution in [0.1, 0.15) is 39.5 Å². The van der Waals surface area contributed by atoms with E-state index in [4.69, 9.17) is 19.3 Å². The van der Waals surface area contributed by atoms with Crippen LogP contribution in [0.4, 0.5) is 0 Å². The first-order valence-corrected chi connectivity index (χ1v) is 8.41. The Hall–Kier alpha value is -0.200. The van der Waals surface area contributed by atoms with Crippen LogP contribution >= 0.6 is 0 Å². The summed E-state index contributed by atoms with van der Waals surface area (Å²) >= 11 is 0. The first-order chi connectivity index (χ1) is 10.3. The topological polar surface area (TPSA) is 51.2 Å². The fourth-order valence-electron chi connectivity index (χ4n) is 1.90. The molecule has 1 N–H and O–H groups in total. The van der Waals surface area contributed by atoms with E-state index in [0.717, 1.165) is 13.2 Å². The lowest BCUT2D eigenvalue weighted by molar-refractivity contribution is 0.00452. The molecule has 0 aromatic rings. The molecule has 21 heavy (non-hydrogen) atoms. The number of aliphatic hydroxyl groups is 1. The van der Waals surface area contributed by atoms with Crippen LogP contribution in [0.2, 0.25) is 0 Å². The Morgan fingerprint density at radius 2 is 1.14 bits per heavy atom. The summed E-state index contributed by atoms with van der Waals surface area (Å²) in [7, 11) is 0. The minimum Gasteiger partial charge on any atom is -0.394 e. The molecule has 5 nitrogen and oxygen atoms in total. The number of unbranched alkanes of at least 4 members (excludes halogenated alkanes) is 2. The van der Waals surface area contributed by atoms with Gasteiger partial charge in [-0.3, -0.25) is 0 Å². The van der Waals surface area contributed by atoms with Gasteiger partial charge in [0.25, 0.3) is 0 Å². The fourth-order valence-corrected chi connectivity index (χ4v) is 1.90. The monoisotopic (exact) mass is 305 g/mol. The molecule has 0 aromatic carbocycles. The van der Waals surface area contributed by atoms with Crippen LogP contribution < -0.4 is 0 Å². The van der Waals surface area contributed by atoms with Gasteiger partial charge in [-0.2, -0.15) is 0 Å². The van der Waals surface area contributed by atoms with E-state index in [0.29, 0.717) is 33.0 Å². The molecule has 128 valence electrons. The lowest BCUT2D eigenvalue weighted by atomic mass is 10.2. The molecule has 0 saturated carbocycles. The normalized spacial score (nSPS) is 11.4. The van der Waals surface area contributed by atoms with Crippen molar-refractivity contribution in [2.24, 2.45) is 0 Å². The second kappa shape index (κ2) is 17.9. The SMILES string of the molecule is CCCCN(CCCC)CCOCCOCCOCCO. The lowest BCUT2D eigenvalue weighted by Crippen LogP contribution is -2.30. The summed E-state index contributed by atoms with van der Waals surface area (Å²) in [5, 5.41) is 8.53. The van der Waals surface area contributed by atoms with E-state index in [1.807, 2.05) is 0 Å². The molecule has 0 atom stereocenters. The number of nitrogens with zero attached hydrogens (tertiary/aromatic N) is 1. The van der Waals surface area contributed by atoms with E-state index in [1.165, 1.54) is 38.8 Å². The third-order valence-electron chi connectivity index (χ3n) is 3.19. The molecular formula is C16H35NO4. The van der Waals surface area contributed by atoms with Gasteiger partial charge < -0.3 is 24.2 Å². The molecule has 0 aromatic heterocycles.